The molecule has 2 heterocycles. The average Bonchev–Trinajstić information content (AvgIpc) is 3.18. The standard InChI is InChI=1S/C42H49N7O9S/c1-42(2,3)27-23-34(39(56-5)35(24-27)48-59(6,53)54)47-41(51)46-33-13-14-36(31-10-8-7-9-30(31)33)58-29-15-16-43-38(26-29)45-28-11-12-32(37(25-28)55-4)40(50)44-17-18-49(52)19-21-57-22-20-49/h7-16,23-26,48,52H,17-22H2,1-6H3,(H3-,43,44,45,46,47,50,51)/p+1. The number of carbonyl (C=O) groups is 2. The number of nitrogens with one attached hydrogen (secondary N) is 5. The predicted octanol–water partition coefficient (Wildman–Crippen LogP) is 7.07. The summed E-state index contributed by atoms with van der Waals surface area (Å²) in [4.78, 5) is 31.0. The number of hydrogen-bond donors (Lipinski definition) is 6. The van der Waals surface area contributed by atoms with Gasteiger partial charge in [0.2, 0.25) is 10.0 Å². The van der Waals surface area contributed by atoms with Crippen LogP contribution in [0, 0.1) is 0 Å². The second-order valence-electron chi connectivity index (χ2n) is 15.1. The Bertz CT molecular complexity index is 2450. The van der Waals surface area contributed by atoms with Gasteiger partial charge in [0.1, 0.15) is 42.7 Å². The monoisotopic (exact) mass is 828 g/mol. The van der Waals surface area contributed by atoms with E-state index in [9.17, 15) is 23.2 Å². The van der Waals surface area contributed by atoms with Gasteiger partial charge in [0.05, 0.1) is 62.9 Å². The SMILES string of the molecule is COc1cc(Nc2cc(Oc3ccc(NC(=O)Nc4cc(C(C)(C)C)cc(NS(C)(=O)=O)c4OC)c4ccccc34)ccn2)ccc1C(=O)NCC[N+]1(O)CCOCC1. The van der Waals surface area contributed by atoms with Gasteiger partial charge in [0.25, 0.3) is 5.91 Å². The highest BCUT2D eigenvalue weighted by Crippen LogP contribution is 2.40. The molecule has 0 unspecified atom stereocenters. The number of morpholine rings is 1. The molecule has 59 heavy (non-hydrogen) atoms. The summed E-state index contributed by atoms with van der Waals surface area (Å²) < 4.78 is 49.5. The van der Waals surface area contributed by atoms with Crippen LogP contribution in [0.3, 0.4) is 0 Å². The van der Waals surface area contributed by atoms with E-state index in [1.54, 1.807) is 60.8 Å². The number of nitrogens with zero attached hydrogens (tertiary/aromatic N) is 2. The Morgan fingerprint density at radius 2 is 1.58 bits per heavy atom. The highest BCUT2D eigenvalue weighted by Gasteiger charge is 2.29. The Labute approximate surface area is 343 Å². The van der Waals surface area contributed by atoms with Gasteiger partial charge in [0.15, 0.2) is 5.75 Å². The Hall–Kier alpha value is -6.14. The lowest BCUT2D eigenvalue weighted by Crippen LogP contribution is -2.55. The van der Waals surface area contributed by atoms with Crippen molar-refractivity contribution in [1.82, 2.24) is 10.3 Å². The topological polar surface area (TPSA) is 198 Å². The first kappa shape index (κ1) is 42.5. The quantitative estimate of drug-likeness (QED) is 0.0627. The van der Waals surface area contributed by atoms with Crippen LogP contribution >= 0.6 is 0 Å². The number of sulfonamides is 1. The van der Waals surface area contributed by atoms with Gasteiger partial charge in [-0.2, -0.15) is 4.65 Å². The first-order valence-corrected chi connectivity index (χ1v) is 20.8. The maximum Gasteiger partial charge on any atom is 0.323 e. The van der Waals surface area contributed by atoms with Gasteiger partial charge in [-0.25, -0.2) is 23.4 Å². The first-order valence-electron chi connectivity index (χ1n) is 18.9. The molecule has 0 atom stereocenters. The predicted molar refractivity (Wildman–Crippen MR) is 227 cm³/mol. The van der Waals surface area contributed by atoms with Crippen LogP contribution in [0.5, 0.6) is 23.0 Å². The molecule has 16 nitrogen and oxygen atoms in total. The van der Waals surface area contributed by atoms with Crippen LogP contribution in [-0.4, -0.2) is 95.1 Å². The molecule has 0 saturated carbocycles. The van der Waals surface area contributed by atoms with Gasteiger partial charge < -0.3 is 40.2 Å². The third-order valence-electron chi connectivity index (χ3n) is 9.63. The van der Waals surface area contributed by atoms with E-state index in [1.165, 1.54) is 14.2 Å². The van der Waals surface area contributed by atoms with Crippen molar-refractivity contribution in [1.29, 1.82) is 0 Å². The average molecular weight is 829 g/mol. The van der Waals surface area contributed by atoms with E-state index in [0.29, 0.717) is 78.2 Å². The number of fused-ring (bicyclic) bond motifs is 1. The number of pyridine rings is 1. The lowest BCUT2D eigenvalue weighted by molar-refractivity contribution is -1.10. The summed E-state index contributed by atoms with van der Waals surface area (Å²) in [5, 5.41) is 23.9. The summed E-state index contributed by atoms with van der Waals surface area (Å²) in [7, 11) is -0.762. The number of quaternary nitrogens is 1. The van der Waals surface area contributed by atoms with Gasteiger partial charge in [0, 0.05) is 34.8 Å². The lowest BCUT2D eigenvalue weighted by Gasteiger charge is -2.33. The van der Waals surface area contributed by atoms with Crippen LogP contribution in [0.25, 0.3) is 10.8 Å². The number of benzene rings is 4. The van der Waals surface area contributed by atoms with Crippen LogP contribution < -0.4 is 40.2 Å². The summed E-state index contributed by atoms with van der Waals surface area (Å²) in [5.41, 5.74) is 2.37. The van der Waals surface area contributed by atoms with Crippen molar-refractivity contribution in [2.45, 2.75) is 26.2 Å². The van der Waals surface area contributed by atoms with E-state index in [4.69, 9.17) is 18.9 Å². The fraction of sp³-hybridized carbons (Fsp3) is 0.310. The Morgan fingerprint density at radius 1 is 0.864 bits per heavy atom. The third-order valence-corrected chi connectivity index (χ3v) is 10.2. The molecule has 5 aromatic rings. The maximum atomic E-state index is 13.5. The van der Waals surface area contributed by atoms with E-state index in [-0.39, 0.29) is 39.6 Å². The van der Waals surface area contributed by atoms with E-state index in [2.05, 4.69) is 31.0 Å². The zero-order valence-electron chi connectivity index (χ0n) is 33.8. The molecule has 0 spiro atoms. The molecule has 1 aromatic heterocycles. The van der Waals surface area contributed by atoms with Gasteiger partial charge in [-0.15, -0.1) is 0 Å². The van der Waals surface area contributed by atoms with Crippen molar-refractivity contribution < 1.29 is 46.8 Å². The summed E-state index contributed by atoms with van der Waals surface area (Å²) >= 11 is 0. The number of hydrogen-bond acceptors (Lipinski definition) is 11. The van der Waals surface area contributed by atoms with E-state index >= 15 is 0 Å². The number of aromatic nitrogens is 1. The number of urea groups is 1. The number of methoxy groups -OCH3 is 2. The van der Waals surface area contributed by atoms with Gasteiger partial charge in [-0.05, 0) is 53.4 Å². The molecule has 312 valence electrons. The van der Waals surface area contributed by atoms with Crippen molar-refractivity contribution in [3.63, 3.8) is 0 Å². The number of hydroxylamine groups is 3. The number of amides is 3. The maximum absolute atomic E-state index is 13.5. The van der Waals surface area contributed by atoms with Crippen molar-refractivity contribution in [2.75, 3.05) is 80.5 Å². The molecule has 17 heteroatoms. The van der Waals surface area contributed by atoms with Crippen molar-refractivity contribution >= 4 is 61.3 Å². The second-order valence-corrected chi connectivity index (χ2v) is 16.9. The Balaban J connectivity index is 1.15. The molecule has 6 N–H and O–H groups in total. The Morgan fingerprint density at radius 3 is 2.27 bits per heavy atom. The zero-order chi connectivity index (χ0) is 42.4. The molecular formula is C42H50N7O9S+. The second kappa shape index (κ2) is 17.8. The molecule has 0 aliphatic carbocycles. The molecule has 0 radical (unpaired) electrons. The highest BCUT2D eigenvalue weighted by atomic mass is 32.2. The van der Waals surface area contributed by atoms with Crippen LogP contribution in [0.1, 0.15) is 36.7 Å². The molecule has 6 rings (SSSR count). The number of carbonyl (C=O) groups excluding carboxylic acids is 2. The number of rotatable bonds is 14. The molecular weight excluding hydrogens is 779 g/mol. The molecule has 1 aliphatic rings. The van der Waals surface area contributed by atoms with E-state index < -0.39 is 16.1 Å². The van der Waals surface area contributed by atoms with Crippen LogP contribution in [-0.2, 0) is 20.2 Å². The van der Waals surface area contributed by atoms with Gasteiger partial charge >= 0.3 is 6.03 Å². The summed E-state index contributed by atoms with van der Waals surface area (Å²) in [5.74, 6) is 1.70. The summed E-state index contributed by atoms with van der Waals surface area (Å²) in [6, 6.07) is 22.4. The van der Waals surface area contributed by atoms with Crippen LogP contribution in [0.4, 0.5) is 33.4 Å². The van der Waals surface area contributed by atoms with Crippen LogP contribution in [0.15, 0.2) is 85.1 Å². The van der Waals surface area contributed by atoms with E-state index in [1.807, 2.05) is 45.0 Å². The zero-order valence-corrected chi connectivity index (χ0v) is 34.7. The molecule has 1 saturated heterocycles. The van der Waals surface area contributed by atoms with Gasteiger partial charge in [-0.1, -0.05) is 45.0 Å². The minimum absolute atomic E-state index is 0.143. The fourth-order valence-electron chi connectivity index (χ4n) is 6.55. The van der Waals surface area contributed by atoms with Crippen molar-refractivity contribution in [2.24, 2.45) is 0 Å². The molecule has 1 aliphatic heterocycles. The largest absolute Gasteiger partial charge is 0.496 e. The Kier molecular flexibility index (Phi) is 12.8. The van der Waals surface area contributed by atoms with Gasteiger partial charge in [-0.3, -0.25) is 9.52 Å². The van der Waals surface area contributed by atoms with Crippen LogP contribution in [0.2, 0.25) is 0 Å². The summed E-state index contributed by atoms with van der Waals surface area (Å²) in [6.07, 6.45) is 2.65. The fourth-order valence-corrected chi connectivity index (χ4v) is 7.10. The van der Waals surface area contributed by atoms with Crippen molar-refractivity contribution in [3.05, 3.63) is 96.2 Å². The number of anilines is 5. The molecule has 1 fully saturated rings. The normalized spacial score (nSPS) is 13.9. The number of ether oxygens (including phenoxy) is 4. The smallest absolute Gasteiger partial charge is 0.323 e. The third kappa shape index (κ3) is 10.9. The minimum Gasteiger partial charge on any atom is -0.496 e. The molecule has 0 bridgehead atoms. The first-order chi connectivity index (χ1) is 28.0. The molecule has 3 amide bonds. The van der Waals surface area contributed by atoms with Crippen molar-refractivity contribution in [3.8, 4) is 23.0 Å². The summed E-state index contributed by atoms with van der Waals surface area (Å²) in [6.45, 7) is 8.50. The van der Waals surface area contributed by atoms with E-state index in [0.717, 1.165) is 17.2 Å². The molecule has 4 aromatic carbocycles. The lowest BCUT2D eigenvalue weighted by atomic mass is 9.86. The minimum atomic E-state index is -3.65. The highest BCUT2D eigenvalue weighted by molar-refractivity contribution is 7.92.